The molecule has 3 rings (SSSR count). The molecule has 0 spiro atoms. The van der Waals surface area contributed by atoms with Crippen molar-refractivity contribution in [3.8, 4) is 0 Å². The summed E-state index contributed by atoms with van der Waals surface area (Å²) in [6.07, 6.45) is 2.06. The summed E-state index contributed by atoms with van der Waals surface area (Å²) in [7, 11) is -4.94. The molecule has 0 radical (unpaired) electrons. The Morgan fingerprint density at radius 1 is 0.711 bits per heavy atom. The zero-order chi connectivity index (χ0) is 33.4. The van der Waals surface area contributed by atoms with Crippen molar-refractivity contribution in [2.45, 2.75) is 103 Å². The molecule has 0 bridgehead atoms. The predicted octanol–water partition coefficient (Wildman–Crippen LogP) is 8.50. The average molecular weight is 647 g/mol. The van der Waals surface area contributed by atoms with Crippen molar-refractivity contribution >= 4 is 27.0 Å². The molecule has 3 atom stereocenters. The Morgan fingerprint density at radius 2 is 1.20 bits per heavy atom. The van der Waals surface area contributed by atoms with E-state index >= 15 is 0 Å². The topological polar surface area (TPSA) is 47.9 Å². The Balaban J connectivity index is 1.91. The molecule has 0 amide bonds. The summed E-state index contributed by atoms with van der Waals surface area (Å²) in [5, 5.41) is 14.1. The zero-order valence-electron chi connectivity index (χ0n) is 29.3. The van der Waals surface area contributed by atoms with Gasteiger partial charge in [0, 0.05) is 18.6 Å². The average Bonchev–Trinajstić information content (AvgIpc) is 3.00. The van der Waals surface area contributed by atoms with Crippen LogP contribution >= 0.6 is 0 Å². The zero-order valence-corrected chi connectivity index (χ0v) is 31.3. The van der Waals surface area contributed by atoms with E-state index in [0.29, 0.717) is 32.7 Å². The number of aliphatic hydroxyl groups excluding tert-OH is 1. The van der Waals surface area contributed by atoms with Gasteiger partial charge in [-0.3, -0.25) is 0 Å². The van der Waals surface area contributed by atoms with Gasteiger partial charge >= 0.3 is 0 Å². The van der Waals surface area contributed by atoms with Crippen LogP contribution in [-0.2, 0) is 20.2 Å². The molecule has 6 heteroatoms. The minimum atomic E-state index is -2.72. The lowest BCUT2D eigenvalue weighted by atomic mass is 9.76. The summed E-state index contributed by atoms with van der Waals surface area (Å²) in [5.41, 5.74) is 0.429. The van der Waals surface area contributed by atoms with Gasteiger partial charge in [0.15, 0.2) is 8.32 Å². The van der Waals surface area contributed by atoms with Gasteiger partial charge in [-0.05, 0) is 51.9 Å². The van der Waals surface area contributed by atoms with Crippen LogP contribution in [0.5, 0.6) is 0 Å². The van der Waals surface area contributed by atoms with E-state index < -0.39 is 28.2 Å². The number of hydrogen-bond acceptors (Lipinski definition) is 4. The van der Waals surface area contributed by atoms with Crippen molar-refractivity contribution in [2.75, 3.05) is 13.2 Å². The predicted molar refractivity (Wildman–Crippen MR) is 195 cm³/mol. The molecule has 0 aliphatic rings. The maximum absolute atomic E-state index is 11.7. The summed E-state index contributed by atoms with van der Waals surface area (Å²) in [6, 6.07) is 31.6. The molecule has 3 aromatic rings. The van der Waals surface area contributed by atoms with Crippen LogP contribution in [0.1, 0.15) is 66.9 Å². The second-order valence-electron chi connectivity index (χ2n) is 15.1. The second-order valence-corrected chi connectivity index (χ2v) is 24.1. The van der Waals surface area contributed by atoms with Crippen LogP contribution in [0.4, 0.5) is 0 Å². The van der Waals surface area contributed by atoms with Gasteiger partial charge in [0.2, 0.25) is 0 Å². The van der Waals surface area contributed by atoms with Crippen molar-refractivity contribution in [1.82, 2.24) is 0 Å². The molecular formula is C39H58O4Si2. The summed E-state index contributed by atoms with van der Waals surface area (Å²) >= 11 is 0. The monoisotopic (exact) mass is 646 g/mol. The second kappa shape index (κ2) is 15.5. The first kappa shape index (κ1) is 37.1. The van der Waals surface area contributed by atoms with E-state index in [4.69, 9.17) is 13.6 Å². The van der Waals surface area contributed by atoms with Crippen molar-refractivity contribution < 1.29 is 18.7 Å². The number of aliphatic hydroxyl groups is 1. The third-order valence-corrected chi connectivity index (χ3v) is 19.4. The van der Waals surface area contributed by atoms with E-state index in [1.165, 1.54) is 10.4 Å². The molecule has 0 saturated carbocycles. The Bertz CT molecular complexity index is 1260. The largest absolute Gasteiger partial charge is 0.413 e. The Kier molecular flexibility index (Phi) is 12.8. The van der Waals surface area contributed by atoms with Crippen LogP contribution in [0.3, 0.4) is 0 Å². The molecule has 1 N–H and O–H groups in total. The smallest absolute Gasteiger partial charge is 0.261 e. The highest BCUT2D eigenvalue weighted by atomic mass is 28.4. The normalized spacial score (nSPS) is 15.7. The lowest BCUT2D eigenvalue weighted by Gasteiger charge is -2.47. The van der Waals surface area contributed by atoms with Crippen molar-refractivity contribution in [2.24, 2.45) is 5.41 Å². The maximum Gasteiger partial charge on any atom is 0.261 e. The van der Waals surface area contributed by atoms with Gasteiger partial charge in [0.1, 0.15) is 0 Å². The van der Waals surface area contributed by atoms with Gasteiger partial charge < -0.3 is 18.7 Å². The first-order valence-electron chi connectivity index (χ1n) is 16.4. The lowest BCUT2D eigenvalue weighted by molar-refractivity contribution is -0.0446. The Morgan fingerprint density at radius 3 is 1.64 bits per heavy atom. The van der Waals surface area contributed by atoms with Crippen LogP contribution < -0.4 is 10.4 Å². The van der Waals surface area contributed by atoms with E-state index in [1.54, 1.807) is 0 Å². The van der Waals surface area contributed by atoms with Crippen LogP contribution in [0, 0.1) is 5.41 Å². The molecule has 4 nitrogen and oxygen atoms in total. The third-order valence-electron chi connectivity index (χ3n) is 9.86. The lowest BCUT2D eigenvalue weighted by Crippen LogP contribution is -2.66. The van der Waals surface area contributed by atoms with Crippen LogP contribution in [0.2, 0.25) is 23.2 Å². The fraction of sp³-hybridized carbons (Fsp3) is 0.487. The highest BCUT2D eigenvalue weighted by molar-refractivity contribution is 6.99. The number of hydrogen-bond donors (Lipinski definition) is 1. The van der Waals surface area contributed by atoms with Crippen molar-refractivity contribution in [3.63, 3.8) is 0 Å². The minimum absolute atomic E-state index is 0.00985. The van der Waals surface area contributed by atoms with Gasteiger partial charge in [0.25, 0.3) is 8.32 Å². The molecule has 0 aliphatic carbocycles. The fourth-order valence-corrected chi connectivity index (χ4v) is 11.9. The molecule has 0 aromatic heterocycles. The maximum atomic E-state index is 11.7. The van der Waals surface area contributed by atoms with Crippen LogP contribution in [0.25, 0.3) is 0 Å². The molecule has 246 valence electrons. The summed E-state index contributed by atoms with van der Waals surface area (Å²) in [6.45, 7) is 26.0. The van der Waals surface area contributed by atoms with E-state index in [9.17, 15) is 5.11 Å². The van der Waals surface area contributed by atoms with Gasteiger partial charge in [-0.2, -0.15) is 0 Å². The summed E-state index contributed by atoms with van der Waals surface area (Å²) in [5.74, 6) is 0. The Hall–Kier alpha value is -2.33. The SMILES string of the molecule is C=C[C@@](C)([C@@H](O)CCOCc1ccccc1)[C@@H](CCO[Si](c1ccccc1)(c1ccccc1)C(C)(C)C)O[Si](C)(C)C(C)(C)C. The molecule has 0 unspecified atom stereocenters. The first-order valence-corrected chi connectivity index (χ1v) is 21.3. The van der Waals surface area contributed by atoms with E-state index in [0.717, 1.165) is 5.56 Å². The molecule has 0 heterocycles. The highest BCUT2D eigenvalue weighted by Gasteiger charge is 2.51. The standard InChI is InChI=1S/C39H58O4Si2/c1-11-39(8,35(40)27-29-41-31-32-21-15-12-16-22-32)36(43-44(9,10)37(2,3)4)28-30-42-45(38(5,6)7,33-23-17-13-18-24-33)34-25-19-14-20-26-34/h11-26,35-36,40H,1,27-31H2,2-10H3/t35-,36+,39-/m0/s1. The third kappa shape index (κ3) is 8.94. The van der Waals surface area contributed by atoms with E-state index in [-0.39, 0.29) is 16.2 Å². The van der Waals surface area contributed by atoms with E-state index in [2.05, 4.69) is 141 Å². The van der Waals surface area contributed by atoms with Crippen LogP contribution in [0.15, 0.2) is 104 Å². The summed E-state index contributed by atoms with van der Waals surface area (Å²) < 4.78 is 20.4. The molecule has 3 aromatic carbocycles. The van der Waals surface area contributed by atoms with Crippen LogP contribution in [-0.4, -0.2) is 47.2 Å². The van der Waals surface area contributed by atoms with Gasteiger partial charge in [-0.15, -0.1) is 6.58 Å². The van der Waals surface area contributed by atoms with Crippen molar-refractivity contribution in [3.05, 3.63) is 109 Å². The molecule has 45 heavy (non-hydrogen) atoms. The molecule has 0 aliphatic heterocycles. The van der Waals surface area contributed by atoms with E-state index in [1.807, 2.05) is 24.3 Å². The Labute approximate surface area is 276 Å². The van der Waals surface area contributed by atoms with Crippen molar-refractivity contribution in [1.29, 1.82) is 0 Å². The molecule has 0 fully saturated rings. The van der Waals surface area contributed by atoms with Gasteiger partial charge in [-0.1, -0.05) is 146 Å². The van der Waals surface area contributed by atoms with Gasteiger partial charge in [-0.25, -0.2) is 0 Å². The number of rotatable bonds is 16. The summed E-state index contributed by atoms with van der Waals surface area (Å²) in [4.78, 5) is 0. The molecule has 0 saturated heterocycles. The number of benzene rings is 3. The molecular weight excluding hydrogens is 589 g/mol. The quantitative estimate of drug-likeness (QED) is 0.0963. The first-order chi connectivity index (χ1) is 21.1. The van der Waals surface area contributed by atoms with Gasteiger partial charge in [0.05, 0.1) is 18.8 Å². The fourth-order valence-electron chi connectivity index (χ4n) is 5.86. The number of ether oxygens (including phenoxy) is 1. The highest BCUT2D eigenvalue weighted by Crippen LogP contribution is 2.43. The minimum Gasteiger partial charge on any atom is -0.413 e.